The fourth-order valence-electron chi connectivity index (χ4n) is 2.31. The minimum Gasteiger partial charge on any atom is -0.423 e. The second-order valence-corrected chi connectivity index (χ2v) is 6.59. The topological polar surface area (TPSA) is 98.5 Å². The number of nitrogens with two attached hydrogens (primary N) is 1. The van der Waals surface area contributed by atoms with Crippen molar-refractivity contribution in [2.45, 2.75) is 6.54 Å². The van der Waals surface area contributed by atoms with Crippen molar-refractivity contribution in [1.29, 1.82) is 0 Å². The molecule has 0 atom stereocenters. The molecule has 2 aromatic carbocycles. The standard InChI is InChI=1S/C20H16N2O4S/c21-18(23)15-3-1-4-16(11-15)26-20(25)14-8-6-13(7-9-14)12-22-19(24)17-5-2-10-27-17/h1-11H,12H2,(H2,21,23)(H,22,24). The molecule has 27 heavy (non-hydrogen) atoms. The minimum atomic E-state index is -0.596. The van der Waals surface area contributed by atoms with Gasteiger partial charge in [-0.3, -0.25) is 9.59 Å². The predicted octanol–water partition coefficient (Wildman–Crippen LogP) is 3.00. The zero-order valence-corrected chi connectivity index (χ0v) is 15.0. The van der Waals surface area contributed by atoms with Gasteiger partial charge in [0.2, 0.25) is 5.91 Å². The first-order valence-electron chi connectivity index (χ1n) is 8.05. The molecular weight excluding hydrogens is 364 g/mol. The van der Waals surface area contributed by atoms with Crippen LogP contribution in [0.5, 0.6) is 5.75 Å². The highest BCUT2D eigenvalue weighted by Crippen LogP contribution is 2.16. The van der Waals surface area contributed by atoms with Gasteiger partial charge in [0.05, 0.1) is 10.4 Å². The molecule has 136 valence electrons. The third-order valence-corrected chi connectivity index (χ3v) is 4.59. The summed E-state index contributed by atoms with van der Waals surface area (Å²) < 4.78 is 5.26. The smallest absolute Gasteiger partial charge is 0.343 e. The predicted molar refractivity (Wildman–Crippen MR) is 102 cm³/mol. The van der Waals surface area contributed by atoms with Crippen LogP contribution in [0.2, 0.25) is 0 Å². The summed E-state index contributed by atoms with van der Waals surface area (Å²) in [6.45, 7) is 0.354. The number of ether oxygens (including phenoxy) is 1. The highest BCUT2D eigenvalue weighted by atomic mass is 32.1. The van der Waals surface area contributed by atoms with Gasteiger partial charge in [0.1, 0.15) is 5.75 Å². The molecule has 3 aromatic rings. The Labute approximate surface area is 159 Å². The molecule has 2 amide bonds. The molecular formula is C20H16N2O4S. The van der Waals surface area contributed by atoms with Gasteiger partial charge in [0.25, 0.3) is 5.91 Å². The molecule has 0 unspecified atom stereocenters. The summed E-state index contributed by atoms with van der Waals surface area (Å²) in [7, 11) is 0. The molecule has 0 aliphatic heterocycles. The highest BCUT2D eigenvalue weighted by molar-refractivity contribution is 7.12. The summed E-state index contributed by atoms with van der Waals surface area (Å²) >= 11 is 1.37. The van der Waals surface area contributed by atoms with Gasteiger partial charge in [-0.15, -0.1) is 11.3 Å². The van der Waals surface area contributed by atoms with Crippen LogP contribution in [0.4, 0.5) is 0 Å². The van der Waals surface area contributed by atoms with Crippen molar-refractivity contribution in [2.24, 2.45) is 5.73 Å². The Kier molecular flexibility index (Phi) is 5.63. The summed E-state index contributed by atoms with van der Waals surface area (Å²) in [5.74, 6) is -1.04. The van der Waals surface area contributed by atoms with Crippen LogP contribution in [0.25, 0.3) is 0 Å². The number of primary amides is 1. The lowest BCUT2D eigenvalue weighted by atomic mass is 10.1. The van der Waals surface area contributed by atoms with Gasteiger partial charge in [-0.2, -0.15) is 0 Å². The average molecular weight is 380 g/mol. The summed E-state index contributed by atoms with van der Waals surface area (Å²) in [6.07, 6.45) is 0. The number of amides is 2. The number of carbonyl (C=O) groups excluding carboxylic acids is 3. The van der Waals surface area contributed by atoms with Crippen LogP contribution >= 0.6 is 11.3 Å². The Bertz CT molecular complexity index is 966. The summed E-state index contributed by atoms with van der Waals surface area (Å²) in [5.41, 5.74) is 6.68. The van der Waals surface area contributed by atoms with E-state index >= 15 is 0 Å². The van der Waals surface area contributed by atoms with Crippen molar-refractivity contribution in [3.8, 4) is 5.75 Å². The minimum absolute atomic E-state index is 0.136. The molecule has 0 aliphatic carbocycles. The summed E-state index contributed by atoms with van der Waals surface area (Å²) in [4.78, 5) is 36.0. The molecule has 0 fully saturated rings. The largest absolute Gasteiger partial charge is 0.423 e. The van der Waals surface area contributed by atoms with Crippen LogP contribution in [0.3, 0.4) is 0 Å². The van der Waals surface area contributed by atoms with E-state index in [4.69, 9.17) is 10.5 Å². The Morgan fingerprint density at radius 2 is 1.74 bits per heavy atom. The van der Waals surface area contributed by atoms with Crippen LogP contribution < -0.4 is 15.8 Å². The molecule has 7 heteroatoms. The van der Waals surface area contributed by atoms with Crippen LogP contribution in [-0.4, -0.2) is 17.8 Å². The number of benzene rings is 2. The van der Waals surface area contributed by atoms with E-state index in [1.807, 2.05) is 11.4 Å². The molecule has 0 bridgehead atoms. The Hall–Kier alpha value is -3.45. The summed E-state index contributed by atoms with van der Waals surface area (Å²) in [6, 6.07) is 16.4. The molecule has 0 spiro atoms. The fraction of sp³-hybridized carbons (Fsp3) is 0.0500. The zero-order chi connectivity index (χ0) is 19.2. The van der Waals surface area contributed by atoms with Crippen molar-refractivity contribution in [3.05, 3.63) is 87.6 Å². The van der Waals surface area contributed by atoms with Crippen LogP contribution in [0.1, 0.15) is 36.0 Å². The lowest BCUT2D eigenvalue weighted by Gasteiger charge is -2.07. The SMILES string of the molecule is NC(=O)c1cccc(OC(=O)c2ccc(CNC(=O)c3cccs3)cc2)c1. The van der Waals surface area contributed by atoms with Crippen LogP contribution in [-0.2, 0) is 6.54 Å². The fourth-order valence-corrected chi connectivity index (χ4v) is 2.95. The van der Waals surface area contributed by atoms with Gasteiger partial charge in [-0.25, -0.2) is 4.79 Å². The molecule has 3 N–H and O–H groups in total. The molecule has 1 aromatic heterocycles. The van der Waals surface area contributed by atoms with E-state index < -0.39 is 11.9 Å². The number of thiophene rings is 1. The van der Waals surface area contributed by atoms with E-state index in [9.17, 15) is 14.4 Å². The van der Waals surface area contributed by atoms with Crippen LogP contribution in [0.15, 0.2) is 66.0 Å². The molecule has 0 aliphatic rings. The third kappa shape index (κ3) is 4.80. The first kappa shape index (κ1) is 18.3. The van der Waals surface area contributed by atoms with Crippen molar-refractivity contribution in [3.63, 3.8) is 0 Å². The number of esters is 1. The maximum absolute atomic E-state index is 12.2. The Morgan fingerprint density at radius 1 is 0.963 bits per heavy atom. The normalized spacial score (nSPS) is 10.2. The van der Waals surface area contributed by atoms with Crippen molar-refractivity contribution < 1.29 is 19.1 Å². The average Bonchev–Trinajstić information content (AvgIpc) is 3.21. The second-order valence-electron chi connectivity index (χ2n) is 5.64. The molecule has 0 saturated carbocycles. The van der Waals surface area contributed by atoms with E-state index in [0.717, 1.165) is 5.56 Å². The van der Waals surface area contributed by atoms with Gasteiger partial charge in [-0.05, 0) is 47.3 Å². The van der Waals surface area contributed by atoms with E-state index in [1.165, 1.54) is 17.4 Å². The molecule has 6 nitrogen and oxygen atoms in total. The first-order valence-corrected chi connectivity index (χ1v) is 8.93. The van der Waals surface area contributed by atoms with E-state index in [-0.39, 0.29) is 17.2 Å². The maximum Gasteiger partial charge on any atom is 0.343 e. The van der Waals surface area contributed by atoms with E-state index in [2.05, 4.69) is 5.32 Å². The third-order valence-electron chi connectivity index (χ3n) is 3.72. The Balaban J connectivity index is 1.59. The van der Waals surface area contributed by atoms with E-state index in [0.29, 0.717) is 17.0 Å². The van der Waals surface area contributed by atoms with Crippen molar-refractivity contribution in [2.75, 3.05) is 0 Å². The van der Waals surface area contributed by atoms with Gasteiger partial charge in [0.15, 0.2) is 0 Å². The van der Waals surface area contributed by atoms with Gasteiger partial charge in [0, 0.05) is 12.1 Å². The molecule has 3 rings (SSSR count). The highest BCUT2D eigenvalue weighted by Gasteiger charge is 2.11. The number of nitrogens with one attached hydrogen (secondary N) is 1. The second kappa shape index (κ2) is 8.29. The summed E-state index contributed by atoms with van der Waals surface area (Å²) in [5, 5.41) is 4.66. The van der Waals surface area contributed by atoms with Gasteiger partial charge < -0.3 is 15.8 Å². The zero-order valence-electron chi connectivity index (χ0n) is 14.2. The van der Waals surface area contributed by atoms with Crippen molar-refractivity contribution in [1.82, 2.24) is 5.32 Å². The molecule has 1 heterocycles. The van der Waals surface area contributed by atoms with Crippen LogP contribution in [0, 0.1) is 0 Å². The lowest BCUT2D eigenvalue weighted by Crippen LogP contribution is -2.21. The number of hydrogen-bond donors (Lipinski definition) is 2. The quantitative estimate of drug-likeness (QED) is 0.507. The monoisotopic (exact) mass is 380 g/mol. The van der Waals surface area contributed by atoms with E-state index in [1.54, 1.807) is 48.5 Å². The molecule has 0 radical (unpaired) electrons. The maximum atomic E-state index is 12.2. The van der Waals surface area contributed by atoms with Gasteiger partial charge in [-0.1, -0.05) is 24.3 Å². The first-order chi connectivity index (χ1) is 13.0. The molecule has 0 saturated heterocycles. The van der Waals surface area contributed by atoms with Gasteiger partial charge >= 0.3 is 5.97 Å². The number of hydrogen-bond acceptors (Lipinski definition) is 5. The lowest BCUT2D eigenvalue weighted by molar-refractivity contribution is 0.0733. The Morgan fingerprint density at radius 3 is 2.41 bits per heavy atom. The number of carbonyl (C=O) groups is 3. The van der Waals surface area contributed by atoms with Crippen molar-refractivity contribution >= 4 is 29.1 Å². The number of rotatable bonds is 6.